The monoisotopic (exact) mass is 451 g/mol. The Hall–Kier alpha value is -1.54. The number of thiophene rings is 2. The molecule has 0 saturated carbocycles. The summed E-state index contributed by atoms with van der Waals surface area (Å²) in [5.41, 5.74) is 4.36. The van der Waals surface area contributed by atoms with E-state index in [2.05, 4.69) is 22.5 Å². The molecule has 2 aliphatic rings. The fourth-order valence-corrected chi connectivity index (χ4v) is 6.81. The molecule has 0 fully saturated rings. The van der Waals surface area contributed by atoms with Crippen molar-refractivity contribution in [2.24, 2.45) is 0 Å². The number of rotatable bonds is 7. The first-order valence-corrected chi connectivity index (χ1v) is 12.1. The van der Waals surface area contributed by atoms with E-state index in [1.165, 1.54) is 21.7 Å². The average molecular weight is 452 g/mol. The molecule has 1 aliphatic carbocycles. The lowest BCUT2D eigenvalue weighted by molar-refractivity contribution is 0.0526. The number of esters is 1. The zero-order valence-corrected chi connectivity index (χ0v) is 19.0. The van der Waals surface area contributed by atoms with E-state index in [-0.39, 0.29) is 5.97 Å². The van der Waals surface area contributed by atoms with E-state index < -0.39 is 0 Å². The fraction of sp³-hybridized carbons (Fsp3) is 0.476. The minimum Gasteiger partial charge on any atom is -0.462 e. The van der Waals surface area contributed by atoms with Gasteiger partial charge >= 0.3 is 5.97 Å². The third-order valence-electron chi connectivity index (χ3n) is 5.38. The molecule has 0 radical (unpaired) electrons. The number of carbonyl (C=O) groups is 1. The van der Waals surface area contributed by atoms with Gasteiger partial charge in [0, 0.05) is 28.4 Å². The SMILES string of the molecule is C=C(NCc1c(Cl)sc2c1CCNC2)Nc1sc2c(c1C(=O)OCC)CCCC2. The van der Waals surface area contributed by atoms with Gasteiger partial charge in [-0.25, -0.2) is 4.79 Å². The molecule has 1 aliphatic heterocycles. The molecular formula is C21H26ClN3O2S2. The molecule has 0 saturated heterocycles. The van der Waals surface area contributed by atoms with Gasteiger partial charge in [-0.2, -0.15) is 0 Å². The number of carbonyl (C=O) groups excluding carboxylic acids is 1. The molecule has 0 bridgehead atoms. The number of nitrogens with one attached hydrogen (secondary N) is 3. The standard InChI is InChI=1S/C21H26ClN3O2S2/c1-3-27-21(26)18-14-6-4-5-7-16(14)29-20(18)25-12(2)24-10-15-13-8-9-23-11-17(13)28-19(15)22/h23-25H,2-11H2,1H3. The van der Waals surface area contributed by atoms with Crippen molar-refractivity contribution < 1.29 is 9.53 Å². The van der Waals surface area contributed by atoms with Gasteiger partial charge in [-0.1, -0.05) is 18.2 Å². The van der Waals surface area contributed by atoms with Gasteiger partial charge < -0.3 is 20.7 Å². The number of hydrogen-bond donors (Lipinski definition) is 3. The van der Waals surface area contributed by atoms with Crippen molar-refractivity contribution in [3.63, 3.8) is 0 Å². The van der Waals surface area contributed by atoms with E-state index in [4.69, 9.17) is 16.3 Å². The fourth-order valence-electron chi connectivity index (χ4n) is 3.99. The van der Waals surface area contributed by atoms with Crippen LogP contribution in [0.3, 0.4) is 0 Å². The highest BCUT2D eigenvalue weighted by Crippen LogP contribution is 2.39. The normalized spacial score (nSPS) is 15.4. The predicted molar refractivity (Wildman–Crippen MR) is 121 cm³/mol. The number of ether oxygens (including phenoxy) is 1. The quantitative estimate of drug-likeness (QED) is 0.526. The summed E-state index contributed by atoms with van der Waals surface area (Å²) in [6.45, 7) is 8.83. The Morgan fingerprint density at radius 2 is 2.03 bits per heavy atom. The maximum atomic E-state index is 12.6. The summed E-state index contributed by atoms with van der Waals surface area (Å²) in [4.78, 5) is 15.2. The lowest BCUT2D eigenvalue weighted by Crippen LogP contribution is -2.24. The predicted octanol–water partition coefficient (Wildman–Crippen LogP) is 4.84. The molecule has 3 heterocycles. The van der Waals surface area contributed by atoms with Crippen molar-refractivity contribution in [1.82, 2.24) is 10.6 Å². The van der Waals surface area contributed by atoms with Crippen LogP contribution in [0.4, 0.5) is 5.00 Å². The molecular weight excluding hydrogens is 426 g/mol. The second kappa shape index (κ2) is 9.08. The van der Waals surface area contributed by atoms with Gasteiger partial charge in [0.25, 0.3) is 0 Å². The summed E-state index contributed by atoms with van der Waals surface area (Å²) in [5, 5.41) is 10.9. The molecule has 156 valence electrons. The Bertz CT molecular complexity index is 935. The van der Waals surface area contributed by atoms with Crippen molar-refractivity contribution in [2.45, 2.75) is 52.1 Å². The Balaban J connectivity index is 1.48. The van der Waals surface area contributed by atoms with Crippen LogP contribution in [0, 0.1) is 0 Å². The van der Waals surface area contributed by atoms with Gasteiger partial charge in [0.05, 0.1) is 22.3 Å². The third-order valence-corrected chi connectivity index (χ3v) is 8.11. The maximum Gasteiger partial charge on any atom is 0.341 e. The Morgan fingerprint density at radius 3 is 2.86 bits per heavy atom. The molecule has 0 amide bonds. The van der Waals surface area contributed by atoms with Gasteiger partial charge in [-0.15, -0.1) is 22.7 Å². The van der Waals surface area contributed by atoms with Gasteiger partial charge in [-0.3, -0.25) is 0 Å². The zero-order chi connectivity index (χ0) is 20.4. The van der Waals surface area contributed by atoms with E-state index in [1.807, 2.05) is 6.92 Å². The molecule has 4 rings (SSSR count). The van der Waals surface area contributed by atoms with Gasteiger partial charge in [0.1, 0.15) is 5.00 Å². The molecule has 0 spiro atoms. The van der Waals surface area contributed by atoms with Crippen molar-refractivity contribution >= 4 is 45.2 Å². The highest BCUT2D eigenvalue weighted by molar-refractivity contribution is 7.17. The second-order valence-electron chi connectivity index (χ2n) is 7.28. The minimum atomic E-state index is -0.246. The zero-order valence-electron chi connectivity index (χ0n) is 16.6. The van der Waals surface area contributed by atoms with Gasteiger partial charge in [0.2, 0.25) is 0 Å². The lowest BCUT2D eigenvalue weighted by atomic mass is 9.95. The van der Waals surface area contributed by atoms with Crippen LogP contribution >= 0.6 is 34.3 Å². The number of halogens is 1. The Labute approximate surface area is 184 Å². The van der Waals surface area contributed by atoms with Crippen LogP contribution in [-0.2, 0) is 37.1 Å². The molecule has 5 nitrogen and oxygen atoms in total. The summed E-state index contributed by atoms with van der Waals surface area (Å²) >= 11 is 9.80. The van der Waals surface area contributed by atoms with Crippen LogP contribution in [-0.4, -0.2) is 19.1 Å². The van der Waals surface area contributed by atoms with Crippen LogP contribution in [0.1, 0.15) is 56.6 Å². The van der Waals surface area contributed by atoms with Gasteiger partial charge in [-0.05, 0) is 56.7 Å². The first-order valence-electron chi connectivity index (χ1n) is 10.1. The maximum absolute atomic E-state index is 12.6. The van der Waals surface area contributed by atoms with Crippen LogP contribution in [0.2, 0.25) is 4.34 Å². The van der Waals surface area contributed by atoms with Gasteiger partial charge in [0.15, 0.2) is 0 Å². The lowest BCUT2D eigenvalue weighted by Gasteiger charge is -2.16. The van der Waals surface area contributed by atoms with Crippen LogP contribution in [0.5, 0.6) is 0 Å². The van der Waals surface area contributed by atoms with E-state index in [9.17, 15) is 4.79 Å². The summed E-state index contributed by atoms with van der Waals surface area (Å²) in [6.07, 6.45) is 5.25. The largest absolute Gasteiger partial charge is 0.462 e. The van der Waals surface area contributed by atoms with Crippen molar-refractivity contribution in [2.75, 3.05) is 18.5 Å². The summed E-state index contributed by atoms with van der Waals surface area (Å²) in [6, 6.07) is 0. The third kappa shape index (κ3) is 4.33. The molecule has 0 unspecified atom stereocenters. The molecule has 2 aromatic rings. The first kappa shape index (κ1) is 20.7. The van der Waals surface area contributed by atoms with Crippen LogP contribution < -0.4 is 16.0 Å². The van der Waals surface area contributed by atoms with Crippen molar-refractivity contribution in [3.8, 4) is 0 Å². The number of fused-ring (bicyclic) bond motifs is 2. The summed E-state index contributed by atoms with van der Waals surface area (Å²) in [5.74, 6) is 0.420. The number of hydrogen-bond acceptors (Lipinski definition) is 7. The number of anilines is 1. The van der Waals surface area contributed by atoms with Crippen LogP contribution in [0.15, 0.2) is 12.4 Å². The second-order valence-corrected chi connectivity index (χ2v) is 10.1. The number of aryl methyl sites for hydroxylation is 1. The Kier molecular flexibility index (Phi) is 6.49. The van der Waals surface area contributed by atoms with E-state index in [0.29, 0.717) is 24.5 Å². The van der Waals surface area contributed by atoms with Crippen molar-refractivity contribution in [3.05, 3.63) is 48.7 Å². The molecule has 29 heavy (non-hydrogen) atoms. The summed E-state index contributed by atoms with van der Waals surface area (Å²) in [7, 11) is 0. The van der Waals surface area contributed by atoms with E-state index >= 15 is 0 Å². The van der Waals surface area contributed by atoms with Crippen LogP contribution in [0.25, 0.3) is 0 Å². The topological polar surface area (TPSA) is 62.4 Å². The highest BCUT2D eigenvalue weighted by atomic mass is 35.5. The molecule has 8 heteroatoms. The van der Waals surface area contributed by atoms with Crippen molar-refractivity contribution in [1.29, 1.82) is 0 Å². The molecule has 0 atom stereocenters. The molecule has 0 aromatic carbocycles. The van der Waals surface area contributed by atoms with E-state index in [1.54, 1.807) is 22.7 Å². The highest BCUT2D eigenvalue weighted by Gasteiger charge is 2.26. The molecule has 2 aromatic heterocycles. The smallest absolute Gasteiger partial charge is 0.341 e. The Morgan fingerprint density at radius 1 is 1.21 bits per heavy atom. The first-order chi connectivity index (χ1) is 14.1. The summed E-state index contributed by atoms with van der Waals surface area (Å²) < 4.78 is 6.17. The van der Waals surface area contributed by atoms with E-state index in [0.717, 1.165) is 59.2 Å². The average Bonchev–Trinajstić information content (AvgIpc) is 3.22. The minimum absolute atomic E-state index is 0.246. The molecule has 3 N–H and O–H groups in total.